The third-order valence-corrected chi connectivity index (χ3v) is 2.91. The number of methoxy groups -OCH3 is 2. The van der Waals surface area contributed by atoms with Crippen molar-refractivity contribution in [1.29, 1.82) is 0 Å². The van der Waals surface area contributed by atoms with Crippen molar-refractivity contribution in [2.75, 3.05) is 27.4 Å². The molecule has 0 saturated heterocycles. The third-order valence-electron chi connectivity index (χ3n) is 2.91. The molecule has 1 N–H and O–H groups in total. The van der Waals surface area contributed by atoms with Gasteiger partial charge in [0.2, 0.25) is 0 Å². The van der Waals surface area contributed by atoms with Crippen molar-refractivity contribution in [2.45, 2.75) is 19.9 Å². The molecule has 0 fully saturated rings. The lowest BCUT2D eigenvalue weighted by Gasteiger charge is -2.11. The van der Waals surface area contributed by atoms with Gasteiger partial charge >= 0.3 is 5.97 Å². The smallest absolute Gasteiger partial charge is 0.307 e. The number of esters is 1. The molecular weight excluding hydrogens is 328 g/mol. The fourth-order valence-electron chi connectivity index (χ4n) is 1.87. The van der Waals surface area contributed by atoms with E-state index in [9.17, 15) is 14.9 Å². The molecule has 1 rings (SSSR count). The molecule has 1 aromatic carbocycles. The van der Waals surface area contributed by atoms with E-state index in [1.807, 2.05) is 0 Å². The second kappa shape index (κ2) is 10.6. The van der Waals surface area contributed by atoms with E-state index in [0.29, 0.717) is 30.2 Å². The van der Waals surface area contributed by atoms with Crippen molar-refractivity contribution < 1.29 is 23.9 Å². The number of rotatable bonds is 9. The Hall–Kier alpha value is -2.06. The van der Waals surface area contributed by atoms with Crippen LogP contribution in [0.25, 0.3) is 0 Å². The summed E-state index contributed by atoms with van der Waals surface area (Å²) in [6.45, 7) is 2.67. The minimum atomic E-state index is -0.482. The maximum Gasteiger partial charge on any atom is 0.307 e. The molecule has 0 unspecified atom stereocenters. The van der Waals surface area contributed by atoms with Crippen LogP contribution in [0, 0.1) is 10.1 Å². The molecule has 0 bridgehead atoms. The number of nitro groups is 1. The Balaban J connectivity index is 0.00000484. The molecule has 9 heteroatoms. The average molecular weight is 349 g/mol. The first-order valence-electron chi connectivity index (χ1n) is 6.79. The Morgan fingerprint density at radius 1 is 1.26 bits per heavy atom. The van der Waals surface area contributed by atoms with Crippen LogP contribution in [0.2, 0.25) is 0 Å². The lowest BCUT2D eigenvalue weighted by atomic mass is 10.1. The number of hydrogen-bond donors (Lipinski definition) is 1. The predicted molar refractivity (Wildman–Crippen MR) is 86.4 cm³/mol. The maximum atomic E-state index is 11.2. The Labute approximate surface area is 140 Å². The second-order valence-corrected chi connectivity index (χ2v) is 4.32. The van der Waals surface area contributed by atoms with Gasteiger partial charge in [-0.15, -0.1) is 12.4 Å². The van der Waals surface area contributed by atoms with Gasteiger partial charge in [0.05, 0.1) is 38.2 Å². The van der Waals surface area contributed by atoms with Crippen molar-refractivity contribution in [3.05, 3.63) is 27.8 Å². The summed E-state index contributed by atoms with van der Waals surface area (Å²) < 4.78 is 15.0. The topological polar surface area (TPSA) is 99.9 Å². The maximum absolute atomic E-state index is 11.2. The Bertz CT molecular complexity index is 538. The largest absolute Gasteiger partial charge is 0.493 e. The first-order valence-corrected chi connectivity index (χ1v) is 6.79. The van der Waals surface area contributed by atoms with Gasteiger partial charge in [-0.3, -0.25) is 14.9 Å². The zero-order valence-corrected chi connectivity index (χ0v) is 14.1. The van der Waals surface area contributed by atoms with Gasteiger partial charge in [-0.25, -0.2) is 0 Å². The highest BCUT2D eigenvalue weighted by molar-refractivity contribution is 5.85. The number of nitrogens with zero attached hydrogens (tertiary/aromatic N) is 1. The summed E-state index contributed by atoms with van der Waals surface area (Å²) in [5, 5.41) is 14.1. The fraction of sp³-hybridized carbons (Fsp3) is 0.500. The van der Waals surface area contributed by atoms with Gasteiger partial charge < -0.3 is 19.5 Å². The van der Waals surface area contributed by atoms with Crippen molar-refractivity contribution in [3.8, 4) is 11.5 Å². The lowest BCUT2D eigenvalue weighted by Crippen LogP contribution is -2.19. The summed E-state index contributed by atoms with van der Waals surface area (Å²) in [6.07, 6.45) is 0.203. The molecule has 130 valence electrons. The zero-order valence-electron chi connectivity index (χ0n) is 13.3. The normalized spacial score (nSPS) is 9.70. The highest BCUT2D eigenvalue weighted by atomic mass is 35.5. The number of nitro benzene ring substituents is 1. The number of carbonyl (C=O) groups excluding carboxylic acids is 1. The summed E-state index contributed by atoms with van der Waals surface area (Å²) in [5.74, 6) is 0.400. The van der Waals surface area contributed by atoms with E-state index in [0.717, 1.165) is 0 Å². The second-order valence-electron chi connectivity index (χ2n) is 4.32. The number of ether oxygens (including phenoxy) is 3. The van der Waals surface area contributed by atoms with Crippen molar-refractivity contribution in [2.24, 2.45) is 0 Å². The molecule has 23 heavy (non-hydrogen) atoms. The molecule has 0 aliphatic carbocycles. The summed E-state index contributed by atoms with van der Waals surface area (Å²) in [7, 11) is 2.88. The van der Waals surface area contributed by atoms with E-state index in [4.69, 9.17) is 14.2 Å². The molecule has 0 aromatic heterocycles. The average Bonchev–Trinajstić information content (AvgIpc) is 2.50. The van der Waals surface area contributed by atoms with Gasteiger partial charge in [0.25, 0.3) is 5.69 Å². The number of carbonyl (C=O) groups is 1. The van der Waals surface area contributed by atoms with Crippen LogP contribution in [-0.4, -0.2) is 38.3 Å². The van der Waals surface area contributed by atoms with Crippen LogP contribution in [-0.2, 0) is 16.1 Å². The Morgan fingerprint density at radius 3 is 2.39 bits per heavy atom. The minimum Gasteiger partial charge on any atom is -0.493 e. The van der Waals surface area contributed by atoms with Crippen molar-refractivity contribution in [1.82, 2.24) is 5.32 Å². The monoisotopic (exact) mass is 348 g/mol. The van der Waals surface area contributed by atoms with Crippen LogP contribution in [0.15, 0.2) is 12.1 Å². The zero-order chi connectivity index (χ0) is 16.5. The van der Waals surface area contributed by atoms with Gasteiger partial charge in [0.15, 0.2) is 11.5 Å². The van der Waals surface area contributed by atoms with Crippen LogP contribution in [0.4, 0.5) is 5.69 Å². The lowest BCUT2D eigenvalue weighted by molar-refractivity contribution is -0.385. The number of hydrogen-bond acceptors (Lipinski definition) is 7. The predicted octanol–water partition coefficient (Wildman–Crippen LogP) is 2.08. The highest BCUT2D eigenvalue weighted by Crippen LogP contribution is 2.34. The van der Waals surface area contributed by atoms with Crippen LogP contribution in [0.3, 0.4) is 0 Å². The van der Waals surface area contributed by atoms with Crippen LogP contribution in [0.1, 0.15) is 18.9 Å². The number of nitrogens with one attached hydrogen (secondary N) is 1. The summed E-state index contributed by atoms with van der Waals surface area (Å²) in [4.78, 5) is 21.8. The van der Waals surface area contributed by atoms with Gasteiger partial charge in [-0.05, 0) is 13.0 Å². The van der Waals surface area contributed by atoms with Crippen molar-refractivity contribution >= 4 is 24.1 Å². The van der Waals surface area contributed by atoms with Crippen molar-refractivity contribution in [3.63, 3.8) is 0 Å². The fourth-order valence-corrected chi connectivity index (χ4v) is 1.87. The summed E-state index contributed by atoms with van der Waals surface area (Å²) in [6, 6.07) is 2.87. The van der Waals surface area contributed by atoms with Gasteiger partial charge in [0.1, 0.15) is 0 Å². The van der Waals surface area contributed by atoms with E-state index in [1.54, 1.807) is 13.0 Å². The molecule has 0 heterocycles. The quantitative estimate of drug-likeness (QED) is 0.315. The molecule has 0 amide bonds. The van der Waals surface area contributed by atoms with Gasteiger partial charge in [-0.1, -0.05) is 0 Å². The molecule has 0 aliphatic heterocycles. The van der Waals surface area contributed by atoms with Crippen LogP contribution < -0.4 is 14.8 Å². The van der Waals surface area contributed by atoms with Gasteiger partial charge in [-0.2, -0.15) is 0 Å². The number of halogens is 1. The van der Waals surface area contributed by atoms with E-state index in [1.165, 1.54) is 20.3 Å². The summed E-state index contributed by atoms with van der Waals surface area (Å²) >= 11 is 0. The molecule has 0 atom stereocenters. The van der Waals surface area contributed by atoms with Gasteiger partial charge in [0, 0.05) is 18.7 Å². The molecule has 0 radical (unpaired) electrons. The first-order chi connectivity index (χ1) is 10.5. The van der Waals surface area contributed by atoms with E-state index >= 15 is 0 Å². The molecule has 1 aromatic rings. The SMILES string of the molecule is CCOC(=O)CCNCc1cc(OC)c(OC)cc1[N+](=O)[O-].Cl. The summed E-state index contributed by atoms with van der Waals surface area (Å²) in [5.41, 5.74) is 0.382. The van der Waals surface area contributed by atoms with Crippen LogP contribution >= 0.6 is 12.4 Å². The first kappa shape index (κ1) is 20.9. The minimum absolute atomic E-state index is 0. The van der Waals surface area contributed by atoms with Crippen LogP contribution in [0.5, 0.6) is 11.5 Å². The standard InChI is InChI=1S/C14H20N2O6.ClH/c1-4-22-14(17)5-6-15-9-10-7-12(20-2)13(21-3)8-11(10)16(18)19;/h7-8,15H,4-6,9H2,1-3H3;1H. The molecular formula is C14H21ClN2O6. The molecule has 0 spiro atoms. The molecule has 0 aliphatic rings. The highest BCUT2D eigenvalue weighted by Gasteiger charge is 2.19. The number of benzene rings is 1. The Morgan fingerprint density at radius 2 is 1.87 bits per heavy atom. The van der Waals surface area contributed by atoms with E-state index in [-0.39, 0.29) is 37.0 Å². The molecule has 8 nitrogen and oxygen atoms in total. The van der Waals surface area contributed by atoms with E-state index < -0.39 is 4.92 Å². The Kier molecular flexibility index (Phi) is 9.68. The molecule has 0 saturated carbocycles. The van der Waals surface area contributed by atoms with E-state index in [2.05, 4.69) is 5.32 Å². The third kappa shape index (κ3) is 6.29.